The van der Waals surface area contributed by atoms with Gasteiger partial charge in [-0.15, -0.1) is 0 Å². The molecule has 3 heterocycles. The number of hydrogen-bond acceptors (Lipinski definition) is 3. The van der Waals surface area contributed by atoms with Crippen molar-refractivity contribution in [2.24, 2.45) is 0 Å². The zero-order chi connectivity index (χ0) is 15.7. The van der Waals surface area contributed by atoms with Gasteiger partial charge in [0.2, 0.25) is 0 Å². The standard InChI is InChI=1S/C17H28N4O/c1-4-19-10-6-8-14(19)15-9-7-11-20(15)17(22)16-12-13(3)18-21(16)5-2/h12,14-15H,4-11H2,1-3H3/t14-,15-/m1/s1. The summed E-state index contributed by atoms with van der Waals surface area (Å²) >= 11 is 0. The summed E-state index contributed by atoms with van der Waals surface area (Å²) in [6, 6.07) is 2.87. The third-order valence-electron chi connectivity index (χ3n) is 5.25. The lowest BCUT2D eigenvalue weighted by Crippen LogP contribution is -2.48. The first-order chi connectivity index (χ1) is 10.7. The zero-order valence-corrected chi connectivity index (χ0v) is 14.1. The number of nitrogens with zero attached hydrogens (tertiary/aromatic N) is 4. The van der Waals surface area contributed by atoms with Crippen LogP contribution in [0.15, 0.2) is 6.07 Å². The van der Waals surface area contributed by atoms with Crippen LogP contribution in [0.2, 0.25) is 0 Å². The molecule has 5 heteroatoms. The average Bonchev–Trinajstić information content (AvgIpc) is 3.23. The van der Waals surface area contributed by atoms with Gasteiger partial charge in [-0.25, -0.2) is 0 Å². The van der Waals surface area contributed by atoms with Gasteiger partial charge in [-0.1, -0.05) is 6.92 Å². The first-order valence-corrected chi connectivity index (χ1v) is 8.75. The summed E-state index contributed by atoms with van der Waals surface area (Å²) in [7, 11) is 0. The third kappa shape index (κ3) is 2.67. The van der Waals surface area contributed by atoms with Crippen LogP contribution in [0.5, 0.6) is 0 Å². The summed E-state index contributed by atoms with van der Waals surface area (Å²) < 4.78 is 1.85. The molecule has 0 aliphatic carbocycles. The largest absolute Gasteiger partial charge is 0.333 e. The first kappa shape index (κ1) is 15.5. The number of aryl methyl sites for hydroxylation is 2. The highest BCUT2D eigenvalue weighted by Gasteiger charge is 2.40. The molecule has 2 atom stereocenters. The van der Waals surface area contributed by atoms with Gasteiger partial charge < -0.3 is 4.90 Å². The summed E-state index contributed by atoms with van der Waals surface area (Å²) in [5.41, 5.74) is 1.69. The van der Waals surface area contributed by atoms with Gasteiger partial charge in [0.15, 0.2) is 0 Å². The Morgan fingerprint density at radius 2 is 1.91 bits per heavy atom. The van der Waals surface area contributed by atoms with Crippen molar-refractivity contribution in [1.29, 1.82) is 0 Å². The van der Waals surface area contributed by atoms with Gasteiger partial charge in [-0.2, -0.15) is 5.10 Å². The maximum Gasteiger partial charge on any atom is 0.272 e. The second-order valence-electron chi connectivity index (χ2n) is 6.53. The minimum absolute atomic E-state index is 0.174. The quantitative estimate of drug-likeness (QED) is 0.857. The molecule has 0 unspecified atom stereocenters. The van der Waals surface area contributed by atoms with Gasteiger partial charge >= 0.3 is 0 Å². The maximum atomic E-state index is 13.0. The van der Waals surface area contributed by atoms with Crippen molar-refractivity contribution in [3.8, 4) is 0 Å². The Hall–Kier alpha value is -1.36. The Labute approximate surface area is 133 Å². The summed E-state index contributed by atoms with van der Waals surface area (Å²) in [4.78, 5) is 17.7. The molecule has 0 spiro atoms. The van der Waals surface area contributed by atoms with Crippen LogP contribution in [-0.4, -0.2) is 57.2 Å². The number of amides is 1. The lowest BCUT2D eigenvalue weighted by Gasteiger charge is -2.34. The minimum Gasteiger partial charge on any atom is -0.333 e. The van der Waals surface area contributed by atoms with Crippen LogP contribution in [0.3, 0.4) is 0 Å². The van der Waals surface area contributed by atoms with Gasteiger partial charge in [0.05, 0.1) is 5.69 Å². The van der Waals surface area contributed by atoms with Gasteiger partial charge in [0.1, 0.15) is 5.69 Å². The van der Waals surface area contributed by atoms with E-state index in [0.717, 1.165) is 43.9 Å². The monoisotopic (exact) mass is 304 g/mol. The van der Waals surface area contributed by atoms with E-state index in [4.69, 9.17) is 0 Å². The van der Waals surface area contributed by atoms with E-state index in [1.54, 1.807) is 0 Å². The van der Waals surface area contributed by atoms with Crippen molar-refractivity contribution in [3.05, 3.63) is 17.5 Å². The Bertz CT molecular complexity index is 539. The highest BCUT2D eigenvalue weighted by atomic mass is 16.2. The molecule has 3 rings (SSSR count). The lowest BCUT2D eigenvalue weighted by atomic mass is 10.0. The van der Waals surface area contributed by atoms with Crippen LogP contribution in [0.25, 0.3) is 0 Å². The summed E-state index contributed by atoms with van der Waals surface area (Å²) in [5, 5.41) is 4.43. The summed E-state index contributed by atoms with van der Waals surface area (Å²) in [6.07, 6.45) is 4.77. The lowest BCUT2D eigenvalue weighted by molar-refractivity contribution is 0.0637. The van der Waals surface area contributed by atoms with E-state index in [0.29, 0.717) is 12.1 Å². The fourth-order valence-electron chi connectivity index (χ4n) is 4.23. The number of rotatable bonds is 4. The minimum atomic E-state index is 0.174. The van der Waals surface area contributed by atoms with E-state index in [-0.39, 0.29) is 5.91 Å². The normalized spacial score (nSPS) is 26.0. The van der Waals surface area contributed by atoms with Crippen LogP contribution < -0.4 is 0 Å². The van der Waals surface area contributed by atoms with Crippen LogP contribution in [0.4, 0.5) is 0 Å². The van der Waals surface area contributed by atoms with Crippen molar-refractivity contribution >= 4 is 5.91 Å². The second-order valence-corrected chi connectivity index (χ2v) is 6.53. The molecule has 2 fully saturated rings. The van der Waals surface area contributed by atoms with E-state index in [1.165, 1.54) is 19.4 Å². The van der Waals surface area contributed by atoms with Crippen LogP contribution in [0.1, 0.15) is 55.7 Å². The number of likely N-dealkylation sites (N-methyl/N-ethyl adjacent to an activating group) is 1. The van der Waals surface area contributed by atoms with Crippen molar-refractivity contribution in [2.75, 3.05) is 19.6 Å². The number of carbonyl (C=O) groups excluding carboxylic acids is 1. The number of carbonyl (C=O) groups is 1. The molecular weight excluding hydrogens is 276 g/mol. The average molecular weight is 304 g/mol. The maximum absolute atomic E-state index is 13.0. The molecule has 22 heavy (non-hydrogen) atoms. The van der Waals surface area contributed by atoms with E-state index < -0.39 is 0 Å². The highest BCUT2D eigenvalue weighted by molar-refractivity contribution is 5.93. The Balaban J connectivity index is 1.82. The molecule has 0 aromatic carbocycles. The highest BCUT2D eigenvalue weighted by Crippen LogP contribution is 2.30. The second kappa shape index (κ2) is 6.41. The predicted molar refractivity (Wildman–Crippen MR) is 87.0 cm³/mol. The Morgan fingerprint density at radius 1 is 1.18 bits per heavy atom. The van der Waals surface area contributed by atoms with Crippen molar-refractivity contribution in [3.63, 3.8) is 0 Å². The smallest absolute Gasteiger partial charge is 0.272 e. The number of likely N-dealkylation sites (tertiary alicyclic amines) is 2. The van der Waals surface area contributed by atoms with E-state index >= 15 is 0 Å². The van der Waals surface area contributed by atoms with Gasteiger partial charge in [0.25, 0.3) is 5.91 Å². The van der Waals surface area contributed by atoms with E-state index in [1.807, 2.05) is 24.6 Å². The van der Waals surface area contributed by atoms with E-state index in [9.17, 15) is 4.79 Å². The van der Waals surface area contributed by atoms with Gasteiger partial charge in [-0.05, 0) is 58.7 Å². The van der Waals surface area contributed by atoms with Crippen molar-refractivity contribution < 1.29 is 4.79 Å². The molecule has 122 valence electrons. The van der Waals surface area contributed by atoms with Crippen molar-refractivity contribution in [2.45, 2.75) is 65.1 Å². The molecule has 1 aromatic rings. The van der Waals surface area contributed by atoms with Gasteiger partial charge in [0, 0.05) is 25.2 Å². The Kier molecular flexibility index (Phi) is 4.52. The molecule has 2 aliphatic heterocycles. The van der Waals surface area contributed by atoms with Crippen LogP contribution >= 0.6 is 0 Å². The van der Waals surface area contributed by atoms with Gasteiger partial charge in [-0.3, -0.25) is 14.4 Å². The summed E-state index contributed by atoms with van der Waals surface area (Å²) in [6.45, 7) is 10.2. The predicted octanol–water partition coefficient (Wildman–Crippen LogP) is 2.30. The van der Waals surface area contributed by atoms with Crippen molar-refractivity contribution in [1.82, 2.24) is 19.6 Å². The zero-order valence-electron chi connectivity index (χ0n) is 14.1. The molecule has 0 radical (unpaired) electrons. The first-order valence-electron chi connectivity index (χ1n) is 8.75. The fourth-order valence-corrected chi connectivity index (χ4v) is 4.23. The molecule has 1 aromatic heterocycles. The van der Waals surface area contributed by atoms with Crippen LogP contribution in [-0.2, 0) is 6.54 Å². The molecule has 0 saturated carbocycles. The fraction of sp³-hybridized carbons (Fsp3) is 0.765. The number of aromatic nitrogens is 2. The SMILES string of the molecule is CCN1CCC[C@@H]1[C@H]1CCCN1C(=O)c1cc(C)nn1CC. The Morgan fingerprint density at radius 3 is 2.64 bits per heavy atom. The molecule has 0 N–H and O–H groups in total. The topological polar surface area (TPSA) is 41.4 Å². The molecule has 1 amide bonds. The summed E-state index contributed by atoms with van der Waals surface area (Å²) in [5.74, 6) is 0.174. The van der Waals surface area contributed by atoms with E-state index in [2.05, 4.69) is 21.8 Å². The molecule has 0 bridgehead atoms. The van der Waals surface area contributed by atoms with Crippen LogP contribution in [0, 0.1) is 6.92 Å². The molecular formula is C17H28N4O. The number of hydrogen-bond donors (Lipinski definition) is 0. The molecule has 5 nitrogen and oxygen atoms in total. The molecule has 2 saturated heterocycles. The third-order valence-corrected chi connectivity index (χ3v) is 5.25. The molecule has 2 aliphatic rings.